The highest BCUT2D eigenvalue weighted by Crippen LogP contribution is 2.17. The quantitative estimate of drug-likeness (QED) is 0.800. The largest absolute Gasteiger partial charge is 0.377 e. The van der Waals surface area contributed by atoms with E-state index in [0.717, 1.165) is 31.9 Å². The highest BCUT2D eigenvalue weighted by atomic mass is 16.5. The molecule has 0 spiro atoms. The van der Waals surface area contributed by atoms with Crippen molar-refractivity contribution in [1.29, 1.82) is 0 Å². The van der Waals surface area contributed by atoms with E-state index in [2.05, 4.69) is 14.9 Å². The zero-order chi connectivity index (χ0) is 11.2. The standard InChI is InChI=1S/C11H18N4O/c12-4-9-16-10-2-7-15(8-3-10)11-13-5-1-6-14-11/h1,5-6,10H,2-4,7-9,12H2. The van der Waals surface area contributed by atoms with Gasteiger partial charge in [-0.3, -0.25) is 0 Å². The number of hydrogen-bond donors (Lipinski definition) is 1. The van der Waals surface area contributed by atoms with Crippen LogP contribution in [-0.2, 0) is 4.74 Å². The Labute approximate surface area is 95.6 Å². The fourth-order valence-corrected chi connectivity index (χ4v) is 1.91. The number of anilines is 1. The van der Waals surface area contributed by atoms with Crippen molar-refractivity contribution < 1.29 is 4.74 Å². The summed E-state index contributed by atoms with van der Waals surface area (Å²) in [6.45, 7) is 3.17. The molecule has 2 heterocycles. The van der Waals surface area contributed by atoms with Crippen LogP contribution < -0.4 is 10.6 Å². The van der Waals surface area contributed by atoms with Crippen LogP contribution in [0.4, 0.5) is 5.95 Å². The number of nitrogens with zero attached hydrogens (tertiary/aromatic N) is 3. The third-order valence-corrected chi connectivity index (χ3v) is 2.75. The number of aromatic nitrogens is 2. The molecule has 1 saturated heterocycles. The van der Waals surface area contributed by atoms with E-state index in [1.165, 1.54) is 0 Å². The monoisotopic (exact) mass is 222 g/mol. The van der Waals surface area contributed by atoms with Gasteiger partial charge in [0, 0.05) is 32.0 Å². The molecule has 1 aliphatic heterocycles. The van der Waals surface area contributed by atoms with E-state index in [-0.39, 0.29) is 0 Å². The van der Waals surface area contributed by atoms with Crippen molar-refractivity contribution in [3.63, 3.8) is 0 Å². The SMILES string of the molecule is NCCOC1CCN(c2ncccn2)CC1. The normalized spacial score (nSPS) is 17.7. The lowest BCUT2D eigenvalue weighted by Crippen LogP contribution is -2.38. The molecule has 88 valence electrons. The summed E-state index contributed by atoms with van der Waals surface area (Å²) in [4.78, 5) is 10.7. The topological polar surface area (TPSA) is 64.3 Å². The highest BCUT2D eigenvalue weighted by Gasteiger charge is 2.20. The smallest absolute Gasteiger partial charge is 0.225 e. The van der Waals surface area contributed by atoms with Crippen LogP contribution in [0, 0.1) is 0 Å². The van der Waals surface area contributed by atoms with Gasteiger partial charge in [-0.15, -0.1) is 0 Å². The Kier molecular flexibility index (Phi) is 4.07. The molecule has 1 aromatic heterocycles. The molecular formula is C11H18N4O. The van der Waals surface area contributed by atoms with Gasteiger partial charge in [0.15, 0.2) is 0 Å². The molecule has 5 nitrogen and oxygen atoms in total. The molecule has 0 saturated carbocycles. The average Bonchev–Trinajstić information content (AvgIpc) is 2.38. The first-order valence-corrected chi connectivity index (χ1v) is 5.74. The van der Waals surface area contributed by atoms with Gasteiger partial charge in [0.2, 0.25) is 5.95 Å². The summed E-state index contributed by atoms with van der Waals surface area (Å²) in [6.07, 6.45) is 5.96. The van der Waals surface area contributed by atoms with Crippen molar-refractivity contribution in [2.75, 3.05) is 31.1 Å². The molecule has 2 N–H and O–H groups in total. The predicted molar refractivity (Wildman–Crippen MR) is 62.3 cm³/mol. The summed E-state index contributed by atoms with van der Waals surface area (Å²) in [5.41, 5.74) is 5.41. The molecule has 1 aliphatic rings. The van der Waals surface area contributed by atoms with Crippen LogP contribution in [0.1, 0.15) is 12.8 Å². The van der Waals surface area contributed by atoms with Crippen molar-refractivity contribution in [3.8, 4) is 0 Å². The maximum atomic E-state index is 5.62. The van der Waals surface area contributed by atoms with E-state index in [1.807, 2.05) is 6.07 Å². The van der Waals surface area contributed by atoms with Crippen LogP contribution in [0.3, 0.4) is 0 Å². The maximum Gasteiger partial charge on any atom is 0.225 e. The first-order valence-electron chi connectivity index (χ1n) is 5.74. The number of piperidine rings is 1. The van der Waals surface area contributed by atoms with E-state index >= 15 is 0 Å². The van der Waals surface area contributed by atoms with Crippen molar-refractivity contribution in [2.45, 2.75) is 18.9 Å². The lowest BCUT2D eigenvalue weighted by Gasteiger charge is -2.31. The van der Waals surface area contributed by atoms with Gasteiger partial charge >= 0.3 is 0 Å². The first kappa shape index (κ1) is 11.3. The van der Waals surface area contributed by atoms with Crippen LogP contribution >= 0.6 is 0 Å². The molecule has 0 bridgehead atoms. The van der Waals surface area contributed by atoms with Crippen LogP contribution in [0.25, 0.3) is 0 Å². The summed E-state index contributed by atoms with van der Waals surface area (Å²) in [7, 11) is 0. The zero-order valence-corrected chi connectivity index (χ0v) is 9.38. The molecule has 2 rings (SSSR count). The molecule has 0 amide bonds. The highest BCUT2D eigenvalue weighted by molar-refractivity contribution is 5.28. The Bertz CT molecular complexity index is 298. The number of nitrogens with two attached hydrogens (primary N) is 1. The average molecular weight is 222 g/mol. The Morgan fingerprint density at radius 2 is 2.00 bits per heavy atom. The fraction of sp³-hybridized carbons (Fsp3) is 0.636. The van der Waals surface area contributed by atoms with Gasteiger partial charge in [-0.25, -0.2) is 9.97 Å². The molecule has 0 unspecified atom stereocenters. The van der Waals surface area contributed by atoms with E-state index in [9.17, 15) is 0 Å². The minimum absolute atomic E-state index is 0.350. The third-order valence-electron chi connectivity index (χ3n) is 2.75. The molecule has 5 heteroatoms. The molecule has 16 heavy (non-hydrogen) atoms. The summed E-state index contributed by atoms with van der Waals surface area (Å²) >= 11 is 0. The maximum absolute atomic E-state index is 5.62. The lowest BCUT2D eigenvalue weighted by atomic mass is 10.1. The molecule has 0 aliphatic carbocycles. The molecule has 0 aromatic carbocycles. The van der Waals surface area contributed by atoms with E-state index in [0.29, 0.717) is 19.3 Å². The summed E-state index contributed by atoms with van der Waals surface area (Å²) < 4.78 is 5.62. The van der Waals surface area contributed by atoms with Gasteiger partial charge < -0.3 is 15.4 Å². The van der Waals surface area contributed by atoms with Gasteiger partial charge in [0.05, 0.1) is 12.7 Å². The summed E-state index contributed by atoms with van der Waals surface area (Å²) in [5.74, 6) is 0.819. The lowest BCUT2D eigenvalue weighted by molar-refractivity contribution is 0.0420. The molecular weight excluding hydrogens is 204 g/mol. The molecule has 0 radical (unpaired) electrons. The van der Waals surface area contributed by atoms with Gasteiger partial charge in [0.25, 0.3) is 0 Å². The predicted octanol–water partition coefficient (Wildman–Crippen LogP) is 0.421. The van der Waals surface area contributed by atoms with E-state index < -0.39 is 0 Å². The van der Waals surface area contributed by atoms with Crippen molar-refractivity contribution in [3.05, 3.63) is 18.5 Å². The number of rotatable bonds is 4. The van der Waals surface area contributed by atoms with Crippen LogP contribution in [-0.4, -0.2) is 42.3 Å². The Morgan fingerprint density at radius 3 is 2.62 bits per heavy atom. The molecule has 1 fully saturated rings. The van der Waals surface area contributed by atoms with Crippen LogP contribution in [0.15, 0.2) is 18.5 Å². The van der Waals surface area contributed by atoms with Crippen molar-refractivity contribution >= 4 is 5.95 Å². The van der Waals surface area contributed by atoms with Crippen molar-refractivity contribution in [1.82, 2.24) is 9.97 Å². The van der Waals surface area contributed by atoms with Crippen LogP contribution in [0.5, 0.6) is 0 Å². The van der Waals surface area contributed by atoms with Crippen molar-refractivity contribution in [2.24, 2.45) is 5.73 Å². The van der Waals surface area contributed by atoms with E-state index in [1.54, 1.807) is 12.4 Å². The van der Waals surface area contributed by atoms with Gasteiger partial charge in [-0.05, 0) is 18.9 Å². The Hall–Kier alpha value is -1.20. The Morgan fingerprint density at radius 1 is 1.31 bits per heavy atom. The number of ether oxygens (including phenoxy) is 1. The van der Waals surface area contributed by atoms with Gasteiger partial charge in [0.1, 0.15) is 0 Å². The fourth-order valence-electron chi connectivity index (χ4n) is 1.91. The summed E-state index contributed by atoms with van der Waals surface area (Å²) in [6, 6.07) is 1.83. The van der Waals surface area contributed by atoms with Gasteiger partial charge in [-0.1, -0.05) is 0 Å². The second kappa shape index (κ2) is 5.77. The molecule has 1 aromatic rings. The number of hydrogen-bond acceptors (Lipinski definition) is 5. The minimum atomic E-state index is 0.350. The van der Waals surface area contributed by atoms with E-state index in [4.69, 9.17) is 10.5 Å². The molecule has 0 atom stereocenters. The zero-order valence-electron chi connectivity index (χ0n) is 9.38. The van der Waals surface area contributed by atoms with Gasteiger partial charge in [-0.2, -0.15) is 0 Å². The Balaban J connectivity index is 1.81. The minimum Gasteiger partial charge on any atom is -0.377 e. The third kappa shape index (κ3) is 2.90. The second-order valence-corrected chi connectivity index (χ2v) is 3.89. The van der Waals surface area contributed by atoms with Crippen LogP contribution in [0.2, 0.25) is 0 Å². The second-order valence-electron chi connectivity index (χ2n) is 3.89. The summed E-state index contributed by atoms with van der Waals surface area (Å²) in [5, 5.41) is 0. The first-order chi connectivity index (χ1) is 7.90.